The molecular weight excluding hydrogens is 252 g/mol. The van der Waals surface area contributed by atoms with Gasteiger partial charge in [0.1, 0.15) is 0 Å². The van der Waals surface area contributed by atoms with Gasteiger partial charge >= 0.3 is 0 Å². The number of amides is 1. The molecular formula is C15H20N4O. The third-order valence-electron chi connectivity index (χ3n) is 4.26. The summed E-state index contributed by atoms with van der Waals surface area (Å²) in [7, 11) is 0. The molecule has 0 aliphatic heterocycles. The highest BCUT2D eigenvalue weighted by molar-refractivity contribution is 5.94. The van der Waals surface area contributed by atoms with Crippen molar-refractivity contribution in [2.24, 2.45) is 17.6 Å². The Hall–Kier alpha value is -1.88. The van der Waals surface area contributed by atoms with Crippen LogP contribution in [0.1, 0.15) is 25.7 Å². The molecule has 0 unspecified atom stereocenters. The lowest BCUT2D eigenvalue weighted by Gasteiger charge is -2.26. The fraction of sp³-hybridized carbons (Fsp3) is 0.467. The highest BCUT2D eigenvalue weighted by atomic mass is 16.1. The predicted molar refractivity (Wildman–Crippen MR) is 79.2 cm³/mol. The summed E-state index contributed by atoms with van der Waals surface area (Å²) in [6.45, 7) is 0.742. The average molecular weight is 272 g/mol. The third kappa shape index (κ3) is 2.67. The summed E-state index contributed by atoms with van der Waals surface area (Å²) in [6.07, 6.45) is 5.78. The standard InChI is InChI=1S/C15H20N4O/c16-8-10-1-3-11(4-2-10)15(20)18-13-5-6-14-12(7-13)9-17-19-14/h5-7,9-11H,1-4,8,16H2,(H,17,19)(H,18,20). The maximum Gasteiger partial charge on any atom is 0.227 e. The summed E-state index contributed by atoms with van der Waals surface area (Å²) in [5, 5.41) is 10.9. The molecule has 5 nitrogen and oxygen atoms in total. The molecule has 3 rings (SSSR count). The van der Waals surface area contributed by atoms with E-state index in [9.17, 15) is 4.79 Å². The Morgan fingerprint density at radius 2 is 2.15 bits per heavy atom. The van der Waals surface area contributed by atoms with Crippen molar-refractivity contribution in [1.29, 1.82) is 0 Å². The molecule has 1 aliphatic carbocycles. The number of hydrogen-bond donors (Lipinski definition) is 3. The Morgan fingerprint density at radius 1 is 1.35 bits per heavy atom. The van der Waals surface area contributed by atoms with Crippen LogP contribution < -0.4 is 11.1 Å². The number of H-pyrrole nitrogens is 1. The van der Waals surface area contributed by atoms with Gasteiger partial charge in [0.25, 0.3) is 0 Å². The molecule has 0 spiro atoms. The number of fused-ring (bicyclic) bond motifs is 1. The minimum absolute atomic E-state index is 0.123. The smallest absolute Gasteiger partial charge is 0.227 e. The Kier molecular flexibility index (Phi) is 3.69. The maximum absolute atomic E-state index is 12.3. The zero-order valence-electron chi connectivity index (χ0n) is 11.4. The summed E-state index contributed by atoms with van der Waals surface area (Å²) >= 11 is 0. The molecule has 1 saturated carbocycles. The zero-order chi connectivity index (χ0) is 13.9. The molecule has 0 saturated heterocycles. The SMILES string of the molecule is NCC1CCC(C(=O)Nc2ccc3[nH]ncc3c2)CC1. The third-order valence-corrected chi connectivity index (χ3v) is 4.26. The molecule has 106 valence electrons. The van der Waals surface area contributed by atoms with Crippen molar-refractivity contribution in [2.45, 2.75) is 25.7 Å². The molecule has 5 heteroatoms. The van der Waals surface area contributed by atoms with Crippen LogP contribution in [-0.4, -0.2) is 22.6 Å². The van der Waals surface area contributed by atoms with E-state index in [1.807, 2.05) is 18.2 Å². The van der Waals surface area contributed by atoms with Crippen LogP contribution in [0.3, 0.4) is 0 Å². The Bertz CT molecular complexity index is 599. The number of nitrogens with zero attached hydrogens (tertiary/aromatic N) is 1. The predicted octanol–water partition coefficient (Wildman–Crippen LogP) is 2.27. The molecule has 1 amide bonds. The van der Waals surface area contributed by atoms with E-state index < -0.39 is 0 Å². The fourth-order valence-corrected chi connectivity index (χ4v) is 2.93. The van der Waals surface area contributed by atoms with Crippen molar-refractivity contribution in [3.63, 3.8) is 0 Å². The van der Waals surface area contributed by atoms with Gasteiger partial charge in [0, 0.05) is 17.0 Å². The van der Waals surface area contributed by atoms with E-state index in [4.69, 9.17) is 5.73 Å². The van der Waals surface area contributed by atoms with Gasteiger partial charge in [0.15, 0.2) is 0 Å². The Balaban J connectivity index is 1.63. The van der Waals surface area contributed by atoms with E-state index in [1.165, 1.54) is 0 Å². The topological polar surface area (TPSA) is 83.8 Å². The summed E-state index contributed by atoms with van der Waals surface area (Å²) < 4.78 is 0. The first-order valence-corrected chi connectivity index (χ1v) is 7.20. The number of carbonyl (C=O) groups excluding carboxylic acids is 1. The fourth-order valence-electron chi connectivity index (χ4n) is 2.93. The second-order valence-electron chi connectivity index (χ2n) is 5.61. The van der Waals surface area contributed by atoms with Crippen LogP contribution in [0.25, 0.3) is 10.9 Å². The quantitative estimate of drug-likeness (QED) is 0.801. The minimum atomic E-state index is 0.123. The van der Waals surface area contributed by atoms with Crippen molar-refractivity contribution in [3.8, 4) is 0 Å². The van der Waals surface area contributed by atoms with Crippen molar-refractivity contribution in [1.82, 2.24) is 10.2 Å². The highest BCUT2D eigenvalue weighted by Gasteiger charge is 2.25. The lowest BCUT2D eigenvalue weighted by atomic mass is 9.81. The minimum Gasteiger partial charge on any atom is -0.330 e. The van der Waals surface area contributed by atoms with E-state index in [1.54, 1.807) is 6.20 Å². The summed E-state index contributed by atoms with van der Waals surface area (Å²) in [5.41, 5.74) is 7.50. The largest absolute Gasteiger partial charge is 0.330 e. The van der Waals surface area contributed by atoms with Gasteiger partial charge in [-0.1, -0.05) is 0 Å². The Morgan fingerprint density at radius 3 is 2.90 bits per heavy atom. The molecule has 2 aromatic rings. The van der Waals surface area contributed by atoms with Gasteiger partial charge in [-0.15, -0.1) is 0 Å². The number of nitrogens with two attached hydrogens (primary N) is 1. The van der Waals surface area contributed by atoms with E-state index in [-0.39, 0.29) is 11.8 Å². The number of aromatic nitrogens is 2. The van der Waals surface area contributed by atoms with Crippen molar-refractivity contribution in [2.75, 3.05) is 11.9 Å². The first-order chi connectivity index (χ1) is 9.76. The van der Waals surface area contributed by atoms with Gasteiger partial charge in [-0.2, -0.15) is 5.10 Å². The van der Waals surface area contributed by atoms with Gasteiger partial charge in [0.05, 0.1) is 11.7 Å². The van der Waals surface area contributed by atoms with E-state index in [0.717, 1.165) is 48.8 Å². The number of carbonyl (C=O) groups is 1. The van der Waals surface area contributed by atoms with Crippen molar-refractivity contribution >= 4 is 22.5 Å². The number of hydrogen-bond acceptors (Lipinski definition) is 3. The number of nitrogens with one attached hydrogen (secondary N) is 2. The molecule has 1 fully saturated rings. The van der Waals surface area contributed by atoms with E-state index >= 15 is 0 Å². The lowest BCUT2D eigenvalue weighted by Crippen LogP contribution is -2.29. The van der Waals surface area contributed by atoms with Crippen LogP contribution in [0.15, 0.2) is 24.4 Å². The number of benzene rings is 1. The monoisotopic (exact) mass is 272 g/mol. The van der Waals surface area contributed by atoms with Crippen molar-refractivity contribution < 1.29 is 4.79 Å². The van der Waals surface area contributed by atoms with Crippen LogP contribution in [0.5, 0.6) is 0 Å². The summed E-state index contributed by atoms with van der Waals surface area (Å²) in [6, 6.07) is 5.79. The second kappa shape index (κ2) is 5.63. The van der Waals surface area contributed by atoms with Crippen LogP contribution >= 0.6 is 0 Å². The van der Waals surface area contributed by atoms with Crippen LogP contribution in [0.4, 0.5) is 5.69 Å². The molecule has 0 atom stereocenters. The average Bonchev–Trinajstić information content (AvgIpc) is 2.95. The number of aromatic amines is 1. The molecule has 0 bridgehead atoms. The summed E-state index contributed by atoms with van der Waals surface area (Å²) in [4.78, 5) is 12.3. The summed E-state index contributed by atoms with van der Waals surface area (Å²) in [5.74, 6) is 0.850. The molecule has 4 N–H and O–H groups in total. The van der Waals surface area contributed by atoms with Crippen LogP contribution in [0, 0.1) is 11.8 Å². The van der Waals surface area contributed by atoms with Gasteiger partial charge in [0.2, 0.25) is 5.91 Å². The van der Waals surface area contributed by atoms with Gasteiger partial charge < -0.3 is 11.1 Å². The molecule has 1 aromatic carbocycles. The van der Waals surface area contributed by atoms with Crippen molar-refractivity contribution in [3.05, 3.63) is 24.4 Å². The zero-order valence-corrected chi connectivity index (χ0v) is 11.4. The molecule has 1 aliphatic rings. The normalized spacial score (nSPS) is 22.9. The van der Waals surface area contributed by atoms with E-state index in [0.29, 0.717) is 5.92 Å². The molecule has 1 aromatic heterocycles. The maximum atomic E-state index is 12.3. The van der Waals surface area contributed by atoms with Crippen LogP contribution in [-0.2, 0) is 4.79 Å². The first kappa shape index (κ1) is 13.1. The second-order valence-corrected chi connectivity index (χ2v) is 5.61. The van der Waals surface area contributed by atoms with Gasteiger partial charge in [-0.25, -0.2) is 0 Å². The van der Waals surface area contributed by atoms with Gasteiger partial charge in [-0.05, 0) is 56.3 Å². The van der Waals surface area contributed by atoms with Crippen LogP contribution in [0.2, 0.25) is 0 Å². The molecule has 1 heterocycles. The van der Waals surface area contributed by atoms with E-state index in [2.05, 4.69) is 15.5 Å². The lowest BCUT2D eigenvalue weighted by molar-refractivity contribution is -0.121. The highest BCUT2D eigenvalue weighted by Crippen LogP contribution is 2.29. The van der Waals surface area contributed by atoms with Gasteiger partial charge in [-0.3, -0.25) is 9.89 Å². The Labute approximate surface area is 117 Å². The first-order valence-electron chi connectivity index (χ1n) is 7.20. The molecule has 0 radical (unpaired) electrons. The molecule has 20 heavy (non-hydrogen) atoms. The number of anilines is 1. The number of rotatable bonds is 3.